The predicted octanol–water partition coefficient (Wildman–Crippen LogP) is 2.95. The first kappa shape index (κ1) is 11.9. The van der Waals surface area contributed by atoms with Crippen molar-refractivity contribution >= 4 is 11.6 Å². The lowest BCUT2D eigenvalue weighted by Crippen LogP contribution is -2.44. The summed E-state index contributed by atoms with van der Waals surface area (Å²) < 4.78 is 5.37. The van der Waals surface area contributed by atoms with Crippen molar-refractivity contribution in [2.24, 2.45) is 0 Å². The largest absolute Gasteiger partial charge is 0.380 e. The van der Waals surface area contributed by atoms with E-state index in [9.17, 15) is 0 Å². The molecule has 1 aliphatic heterocycles. The highest BCUT2D eigenvalue weighted by Gasteiger charge is 2.26. The molecule has 0 aromatic heterocycles. The van der Waals surface area contributed by atoms with Crippen molar-refractivity contribution in [3.63, 3.8) is 0 Å². The van der Waals surface area contributed by atoms with E-state index in [1.165, 1.54) is 5.56 Å². The second-order valence-corrected chi connectivity index (χ2v) is 5.27. The van der Waals surface area contributed by atoms with Gasteiger partial charge in [-0.3, -0.25) is 0 Å². The molecule has 0 spiro atoms. The lowest BCUT2D eigenvalue weighted by Gasteiger charge is -2.30. The quantitative estimate of drug-likeness (QED) is 0.876. The highest BCUT2D eigenvalue weighted by atomic mass is 35.5. The zero-order chi connectivity index (χ0) is 11.6. The lowest BCUT2D eigenvalue weighted by atomic mass is 9.93. The molecule has 1 N–H and O–H groups in total. The minimum Gasteiger partial charge on any atom is -0.380 e. The van der Waals surface area contributed by atoms with Crippen LogP contribution >= 0.6 is 11.6 Å². The number of benzene rings is 1. The van der Waals surface area contributed by atoms with E-state index in [0.717, 1.165) is 24.7 Å². The average Bonchev–Trinajstić information content (AvgIpc) is 2.70. The van der Waals surface area contributed by atoms with Gasteiger partial charge in [0.25, 0.3) is 0 Å². The fraction of sp³-hybridized carbons (Fsp3) is 0.538. The molecule has 1 heterocycles. The third kappa shape index (κ3) is 2.76. The van der Waals surface area contributed by atoms with E-state index >= 15 is 0 Å². The molecule has 1 fully saturated rings. The molecule has 1 aromatic carbocycles. The molecule has 1 unspecified atom stereocenters. The van der Waals surface area contributed by atoms with Gasteiger partial charge in [0.05, 0.1) is 6.61 Å². The molecular weight excluding hydrogens is 222 g/mol. The Morgan fingerprint density at radius 1 is 1.31 bits per heavy atom. The van der Waals surface area contributed by atoms with Crippen LogP contribution < -0.4 is 5.32 Å². The van der Waals surface area contributed by atoms with E-state index in [0.29, 0.717) is 6.04 Å². The van der Waals surface area contributed by atoms with Gasteiger partial charge in [0, 0.05) is 23.2 Å². The molecule has 0 bridgehead atoms. The second-order valence-electron chi connectivity index (χ2n) is 4.84. The summed E-state index contributed by atoms with van der Waals surface area (Å²) in [7, 11) is 0. The maximum atomic E-state index is 5.89. The maximum absolute atomic E-state index is 5.89. The number of rotatable bonds is 3. The zero-order valence-electron chi connectivity index (χ0n) is 9.79. The maximum Gasteiger partial charge on any atom is 0.0620 e. The normalized spacial score (nSPS) is 21.3. The Bertz CT molecular complexity index is 341. The van der Waals surface area contributed by atoms with Crippen LogP contribution in [0.1, 0.15) is 25.8 Å². The van der Waals surface area contributed by atoms with Crippen molar-refractivity contribution in [1.29, 1.82) is 0 Å². The van der Waals surface area contributed by atoms with Crippen molar-refractivity contribution in [2.45, 2.75) is 31.8 Å². The Morgan fingerprint density at radius 2 is 2.00 bits per heavy atom. The highest BCUT2D eigenvalue weighted by molar-refractivity contribution is 6.30. The van der Waals surface area contributed by atoms with E-state index in [4.69, 9.17) is 16.3 Å². The summed E-state index contributed by atoms with van der Waals surface area (Å²) in [6, 6.07) is 8.48. The van der Waals surface area contributed by atoms with Crippen LogP contribution in [0.15, 0.2) is 24.3 Å². The molecule has 3 heteroatoms. The molecule has 1 aliphatic rings. The van der Waals surface area contributed by atoms with E-state index < -0.39 is 0 Å². The molecule has 0 saturated carbocycles. The summed E-state index contributed by atoms with van der Waals surface area (Å²) in [6.45, 7) is 6.06. The van der Waals surface area contributed by atoms with E-state index in [1.807, 2.05) is 12.1 Å². The number of ether oxygens (including phenoxy) is 1. The van der Waals surface area contributed by atoms with Crippen molar-refractivity contribution in [3.8, 4) is 0 Å². The van der Waals surface area contributed by atoms with E-state index in [-0.39, 0.29) is 5.54 Å². The van der Waals surface area contributed by atoms with Gasteiger partial charge < -0.3 is 10.1 Å². The molecule has 1 atom stereocenters. The van der Waals surface area contributed by atoms with Crippen LogP contribution in [0.25, 0.3) is 0 Å². The van der Waals surface area contributed by atoms with E-state index in [1.54, 1.807) is 0 Å². The minimum absolute atomic E-state index is 0.0387. The summed E-state index contributed by atoms with van der Waals surface area (Å²) >= 11 is 5.89. The summed E-state index contributed by atoms with van der Waals surface area (Å²) in [6.07, 6.45) is 1.09. The molecule has 2 nitrogen and oxygen atoms in total. The molecule has 0 aliphatic carbocycles. The van der Waals surface area contributed by atoms with Gasteiger partial charge in [0.2, 0.25) is 0 Å². The predicted molar refractivity (Wildman–Crippen MR) is 66.8 cm³/mol. The molecule has 2 rings (SSSR count). The van der Waals surface area contributed by atoms with Gasteiger partial charge in [-0.05, 0) is 38.0 Å². The Hall–Kier alpha value is -0.570. The van der Waals surface area contributed by atoms with Crippen LogP contribution in [0.2, 0.25) is 5.02 Å². The van der Waals surface area contributed by atoms with Crippen LogP contribution in [0.5, 0.6) is 0 Å². The molecule has 1 aromatic rings. The summed E-state index contributed by atoms with van der Waals surface area (Å²) in [5.41, 5.74) is 1.21. The van der Waals surface area contributed by atoms with Crippen molar-refractivity contribution in [1.82, 2.24) is 5.32 Å². The Balaban J connectivity index is 2.07. The number of hydrogen-bond donors (Lipinski definition) is 1. The van der Waals surface area contributed by atoms with Crippen molar-refractivity contribution < 1.29 is 4.74 Å². The third-order valence-corrected chi connectivity index (χ3v) is 3.31. The van der Waals surface area contributed by atoms with Gasteiger partial charge >= 0.3 is 0 Å². The van der Waals surface area contributed by atoms with E-state index in [2.05, 4.69) is 31.3 Å². The topological polar surface area (TPSA) is 21.3 Å². The highest BCUT2D eigenvalue weighted by Crippen LogP contribution is 2.23. The second kappa shape index (κ2) is 4.74. The van der Waals surface area contributed by atoms with Gasteiger partial charge in [0.1, 0.15) is 0 Å². The Labute approximate surface area is 102 Å². The van der Waals surface area contributed by atoms with Crippen molar-refractivity contribution in [2.75, 3.05) is 13.2 Å². The fourth-order valence-corrected chi connectivity index (χ4v) is 2.23. The molecule has 16 heavy (non-hydrogen) atoms. The zero-order valence-corrected chi connectivity index (χ0v) is 10.6. The third-order valence-electron chi connectivity index (χ3n) is 3.06. The van der Waals surface area contributed by atoms with Crippen molar-refractivity contribution in [3.05, 3.63) is 34.9 Å². The minimum atomic E-state index is -0.0387. The van der Waals surface area contributed by atoms with Gasteiger partial charge in [-0.1, -0.05) is 23.7 Å². The van der Waals surface area contributed by atoms with Crippen LogP contribution in [-0.2, 0) is 10.3 Å². The SMILES string of the molecule is CC(C)(NC1CCOC1)c1ccc(Cl)cc1. The van der Waals surface area contributed by atoms with Gasteiger partial charge in [-0.15, -0.1) is 0 Å². The number of hydrogen-bond acceptors (Lipinski definition) is 2. The molecule has 1 saturated heterocycles. The summed E-state index contributed by atoms with van der Waals surface area (Å²) in [4.78, 5) is 0. The Morgan fingerprint density at radius 3 is 2.56 bits per heavy atom. The van der Waals surface area contributed by atoms with Crippen LogP contribution in [0.4, 0.5) is 0 Å². The molecular formula is C13H18ClNO. The monoisotopic (exact) mass is 239 g/mol. The smallest absolute Gasteiger partial charge is 0.0620 e. The van der Waals surface area contributed by atoms with Crippen LogP contribution in [0.3, 0.4) is 0 Å². The van der Waals surface area contributed by atoms with Crippen LogP contribution in [0, 0.1) is 0 Å². The van der Waals surface area contributed by atoms with Gasteiger partial charge in [0.15, 0.2) is 0 Å². The van der Waals surface area contributed by atoms with Crippen LogP contribution in [-0.4, -0.2) is 19.3 Å². The first-order valence-electron chi connectivity index (χ1n) is 5.69. The number of halogens is 1. The molecule has 88 valence electrons. The first-order valence-corrected chi connectivity index (χ1v) is 6.07. The van der Waals surface area contributed by atoms with Gasteiger partial charge in [-0.25, -0.2) is 0 Å². The summed E-state index contributed by atoms with van der Waals surface area (Å²) in [5.74, 6) is 0. The first-order chi connectivity index (χ1) is 7.58. The summed E-state index contributed by atoms with van der Waals surface area (Å²) in [5, 5.41) is 4.40. The van der Waals surface area contributed by atoms with Gasteiger partial charge in [-0.2, -0.15) is 0 Å². The Kier molecular flexibility index (Phi) is 3.53. The average molecular weight is 240 g/mol. The number of nitrogens with one attached hydrogen (secondary N) is 1. The molecule has 0 radical (unpaired) electrons. The molecule has 0 amide bonds. The standard InChI is InChI=1S/C13H18ClNO/c1-13(2,15-12-7-8-16-9-12)10-3-5-11(14)6-4-10/h3-6,12,15H,7-9H2,1-2H3. The fourth-order valence-electron chi connectivity index (χ4n) is 2.11. The lowest BCUT2D eigenvalue weighted by molar-refractivity contribution is 0.183.